The zero-order chi connectivity index (χ0) is 15.0. The van der Waals surface area contributed by atoms with Crippen LogP contribution in [0.2, 0.25) is 0 Å². The van der Waals surface area contributed by atoms with Crippen molar-refractivity contribution < 1.29 is 9.53 Å². The van der Waals surface area contributed by atoms with Gasteiger partial charge in [-0.25, -0.2) is 0 Å². The van der Waals surface area contributed by atoms with Gasteiger partial charge >= 0.3 is 0 Å². The van der Waals surface area contributed by atoms with Gasteiger partial charge in [0.15, 0.2) is 5.78 Å². The maximum absolute atomic E-state index is 12.2. The molecule has 1 aliphatic carbocycles. The van der Waals surface area contributed by atoms with Gasteiger partial charge in [-0.2, -0.15) is 5.10 Å². The fourth-order valence-corrected chi connectivity index (χ4v) is 2.97. The number of carbonyl (C=O) groups is 1. The van der Waals surface area contributed by atoms with Gasteiger partial charge in [-0.05, 0) is 17.9 Å². The normalized spacial score (nSPS) is 17.0. The van der Waals surface area contributed by atoms with E-state index in [1.54, 1.807) is 7.11 Å². The van der Waals surface area contributed by atoms with Crippen molar-refractivity contribution in [3.8, 4) is 5.69 Å². The molecular weight excluding hydrogens is 266 g/mol. The first-order valence-electron chi connectivity index (χ1n) is 7.25. The first kappa shape index (κ1) is 14.1. The molecule has 5 nitrogen and oxygen atoms in total. The molecule has 0 spiro atoms. The van der Waals surface area contributed by atoms with Crippen molar-refractivity contribution in [2.45, 2.75) is 33.2 Å². The van der Waals surface area contributed by atoms with Gasteiger partial charge in [-0.1, -0.05) is 13.8 Å². The molecule has 0 amide bonds. The van der Waals surface area contributed by atoms with Crippen molar-refractivity contribution in [1.29, 1.82) is 0 Å². The van der Waals surface area contributed by atoms with E-state index < -0.39 is 0 Å². The van der Waals surface area contributed by atoms with Crippen LogP contribution in [-0.4, -0.2) is 33.8 Å². The van der Waals surface area contributed by atoms with Crippen LogP contribution in [0.15, 0.2) is 24.7 Å². The van der Waals surface area contributed by atoms with Crippen molar-refractivity contribution in [2.24, 2.45) is 5.41 Å². The summed E-state index contributed by atoms with van der Waals surface area (Å²) in [5.41, 5.74) is 2.98. The number of nitrogens with zero attached hydrogens (tertiary/aromatic N) is 3. The van der Waals surface area contributed by atoms with Crippen LogP contribution in [0.4, 0.5) is 0 Å². The van der Waals surface area contributed by atoms with E-state index in [4.69, 9.17) is 4.74 Å². The van der Waals surface area contributed by atoms with Crippen molar-refractivity contribution >= 4 is 5.78 Å². The smallest absolute Gasteiger partial charge is 0.165 e. The molecule has 0 saturated carbocycles. The average molecular weight is 287 g/mol. The van der Waals surface area contributed by atoms with Crippen molar-refractivity contribution in [3.63, 3.8) is 0 Å². The predicted octanol–water partition coefficient (Wildman–Crippen LogP) is 2.48. The lowest BCUT2D eigenvalue weighted by molar-refractivity contribution is 0.0911. The molecule has 2 aromatic heterocycles. The van der Waals surface area contributed by atoms with Crippen LogP contribution < -0.4 is 0 Å². The summed E-state index contributed by atoms with van der Waals surface area (Å²) in [6, 6.07) is 1.93. The maximum atomic E-state index is 12.2. The SMILES string of the molecule is COCCn1cc(-n2ccc3c2CC(C)(C)CC3=O)cn1. The summed E-state index contributed by atoms with van der Waals surface area (Å²) in [6.45, 7) is 5.65. The Morgan fingerprint density at radius 3 is 2.95 bits per heavy atom. The minimum atomic E-state index is 0.0201. The molecule has 1 aliphatic rings. The van der Waals surface area contributed by atoms with Gasteiger partial charge in [0.1, 0.15) is 0 Å². The quantitative estimate of drug-likeness (QED) is 0.868. The lowest BCUT2D eigenvalue weighted by Crippen LogP contribution is -2.27. The fourth-order valence-electron chi connectivity index (χ4n) is 2.97. The number of hydrogen-bond donors (Lipinski definition) is 0. The van der Waals surface area contributed by atoms with Crippen molar-refractivity contribution in [1.82, 2.24) is 14.3 Å². The molecule has 0 bridgehead atoms. The van der Waals surface area contributed by atoms with E-state index in [0.29, 0.717) is 13.0 Å². The van der Waals surface area contributed by atoms with Gasteiger partial charge in [-0.3, -0.25) is 9.48 Å². The third kappa shape index (κ3) is 2.65. The summed E-state index contributed by atoms with van der Waals surface area (Å²) in [5.74, 6) is 0.242. The molecule has 21 heavy (non-hydrogen) atoms. The van der Waals surface area contributed by atoms with Crippen molar-refractivity contribution in [2.75, 3.05) is 13.7 Å². The molecule has 2 heterocycles. The molecule has 3 rings (SSSR count). The van der Waals surface area contributed by atoms with Crippen LogP contribution in [0, 0.1) is 5.41 Å². The first-order valence-corrected chi connectivity index (χ1v) is 7.25. The third-order valence-electron chi connectivity index (χ3n) is 4.00. The molecule has 2 aromatic rings. The first-order chi connectivity index (χ1) is 10.00. The number of ether oxygens (including phenoxy) is 1. The molecule has 5 heteroatoms. The van der Waals surface area contributed by atoms with Gasteiger partial charge in [0.05, 0.1) is 25.0 Å². The van der Waals surface area contributed by atoms with Crippen LogP contribution in [0.3, 0.4) is 0 Å². The Hall–Kier alpha value is -1.88. The Labute approximate surface area is 124 Å². The van der Waals surface area contributed by atoms with Crippen LogP contribution in [-0.2, 0) is 17.7 Å². The van der Waals surface area contributed by atoms with Crippen LogP contribution in [0.5, 0.6) is 0 Å². The van der Waals surface area contributed by atoms with Crippen LogP contribution in [0.25, 0.3) is 5.69 Å². The molecule has 0 radical (unpaired) electrons. The van der Waals surface area contributed by atoms with E-state index in [1.165, 1.54) is 0 Å². The standard InChI is InChI=1S/C16H21N3O2/c1-16(2)8-14-13(15(20)9-16)4-5-19(14)12-10-17-18(11-12)6-7-21-3/h4-5,10-11H,6-9H2,1-3H3. The Morgan fingerprint density at radius 2 is 2.19 bits per heavy atom. The maximum Gasteiger partial charge on any atom is 0.165 e. The Kier molecular flexibility index (Phi) is 3.45. The number of carbonyl (C=O) groups excluding carboxylic acids is 1. The van der Waals surface area contributed by atoms with Crippen LogP contribution in [0.1, 0.15) is 36.3 Å². The number of aromatic nitrogens is 3. The molecule has 0 fully saturated rings. The number of ketones is 1. The second-order valence-electron chi connectivity index (χ2n) is 6.44. The van der Waals surface area contributed by atoms with E-state index in [-0.39, 0.29) is 11.2 Å². The summed E-state index contributed by atoms with van der Waals surface area (Å²) in [7, 11) is 1.68. The lowest BCUT2D eigenvalue weighted by Gasteiger charge is -2.29. The largest absolute Gasteiger partial charge is 0.383 e. The van der Waals surface area contributed by atoms with Gasteiger partial charge < -0.3 is 9.30 Å². The Balaban J connectivity index is 1.94. The molecular formula is C16H21N3O2. The highest BCUT2D eigenvalue weighted by Crippen LogP contribution is 2.36. The molecule has 0 aromatic carbocycles. The number of fused-ring (bicyclic) bond motifs is 1. The van der Waals surface area contributed by atoms with E-state index in [9.17, 15) is 4.79 Å². The minimum absolute atomic E-state index is 0.0201. The summed E-state index contributed by atoms with van der Waals surface area (Å²) < 4.78 is 9.02. The van der Waals surface area contributed by atoms with E-state index in [0.717, 1.165) is 29.9 Å². The van der Waals surface area contributed by atoms with Gasteiger partial charge in [0, 0.05) is 37.2 Å². The third-order valence-corrected chi connectivity index (χ3v) is 4.00. The number of hydrogen-bond acceptors (Lipinski definition) is 3. The molecule has 0 atom stereocenters. The second kappa shape index (κ2) is 5.15. The van der Waals surface area contributed by atoms with E-state index in [1.807, 2.05) is 29.3 Å². The summed E-state index contributed by atoms with van der Waals surface area (Å²) in [6.07, 6.45) is 7.33. The minimum Gasteiger partial charge on any atom is -0.383 e. The van der Waals surface area contributed by atoms with E-state index in [2.05, 4.69) is 23.5 Å². The van der Waals surface area contributed by atoms with Gasteiger partial charge in [-0.15, -0.1) is 0 Å². The average Bonchev–Trinajstić information content (AvgIpc) is 3.01. The highest BCUT2D eigenvalue weighted by molar-refractivity contribution is 5.99. The summed E-state index contributed by atoms with van der Waals surface area (Å²) in [4.78, 5) is 12.2. The zero-order valence-electron chi connectivity index (χ0n) is 12.8. The number of Topliss-reactive ketones (excluding diaryl/α,β-unsaturated/α-hetero) is 1. The van der Waals surface area contributed by atoms with Crippen LogP contribution >= 0.6 is 0 Å². The zero-order valence-corrected chi connectivity index (χ0v) is 12.8. The lowest BCUT2D eigenvalue weighted by atomic mass is 9.76. The highest BCUT2D eigenvalue weighted by Gasteiger charge is 2.33. The Bertz CT molecular complexity index is 667. The second-order valence-corrected chi connectivity index (χ2v) is 6.44. The summed E-state index contributed by atoms with van der Waals surface area (Å²) in [5, 5.41) is 4.34. The Morgan fingerprint density at radius 1 is 1.38 bits per heavy atom. The molecule has 0 N–H and O–H groups in total. The molecule has 0 aliphatic heterocycles. The number of methoxy groups -OCH3 is 1. The predicted molar refractivity (Wildman–Crippen MR) is 79.9 cm³/mol. The molecule has 0 saturated heterocycles. The summed E-state index contributed by atoms with van der Waals surface area (Å²) >= 11 is 0. The number of rotatable bonds is 4. The monoisotopic (exact) mass is 287 g/mol. The topological polar surface area (TPSA) is 49.0 Å². The molecule has 112 valence electrons. The van der Waals surface area contributed by atoms with Crippen molar-refractivity contribution in [3.05, 3.63) is 35.9 Å². The fraction of sp³-hybridized carbons (Fsp3) is 0.500. The highest BCUT2D eigenvalue weighted by atomic mass is 16.5. The van der Waals surface area contributed by atoms with Gasteiger partial charge in [0.2, 0.25) is 0 Å². The van der Waals surface area contributed by atoms with E-state index >= 15 is 0 Å². The molecule has 0 unspecified atom stereocenters. The van der Waals surface area contributed by atoms with Gasteiger partial charge in [0.25, 0.3) is 0 Å².